The Hall–Kier alpha value is -0.440. The normalized spacial score (nSPS) is 30.8. The summed E-state index contributed by atoms with van der Waals surface area (Å²) in [6, 6.07) is 7.76. The molecule has 0 aromatic heterocycles. The number of hydrogen-bond donors (Lipinski definition) is 1. The second-order valence-electron chi connectivity index (χ2n) is 5.35. The Morgan fingerprint density at radius 1 is 1.17 bits per heavy atom. The SMILES string of the molecule is CNC1CC2CCC(C1)N2c1ccc(Cl)cc1Cl. The molecule has 0 amide bonds. The number of halogens is 2. The third-order valence-electron chi connectivity index (χ3n) is 4.33. The first-order valence-corrected chi connectivity index (χ1v) is 7.35. The Morgan fingerprint density at radius 2 is 1.83 bits per heavy atom. The molecule has 0 spiro atoms. The van der Waals surface area contributed by atoms with Gasteiger partial charge in [0.2, 0.25) is 0 Å². The van der Waals surface area contributed by atoms with E-state index in [0.29, 0.717) is 23.1 Å². The fourth-order valence-electron chi connectivity index (χ4n) is 3.50. The maximum atomic E-state index is 6.35. The van der Waals surface area contributed by atoms with Gasteiger partial charge in [0.15, 0.2) is 0 Å². The average Bonchev–Trinajstić information content (AvgIpc) is 2.60. The van der Waals surface area contributed by atoms with E-state index in [1.54, 1.807) is 0 Å². The molecule has 1 N–H and O–H groups in total. The molecular formula is C14H18Cl2N2. The monoisotopic (exact) mass is 284 g/mol. The van der Waals surface area contributed by atoms with Gasteiger partial charge in [-0.2, -0.15) is 0 Å². The molecule has 18 heavy (non-hydrogen) atoms. The van der Waals surface area contributed by atoms with Crippen LogP contribution in [-0.2, 0) is 0 Å². The van der Waals surface area contributed by atoms with Gasteiger partial charge in [0.05, 0.1) is 10.7 Å². The first-order chi connectivity index (χ1) is 8.69. The van der Waals surface area contributed by atoms with Gasteiger partial charge in [-0.05, 0) is 50.9 Å². The van der Waals surface area contributed by atoms with Crippen LogP contribution in [0.1, 0.15) is 25.7 Å². The van der Waals surface area contributed by atoms with Crippen LogP contribution in [0.5, 0.6) is 0 Å². The second kappa shape index (κ2) is 4.92. The van der Waals surface area contributed by atoms with E-state index in [0.717, 1.165) is 10.7 Å². The van der Waals surface area contributed by atoms with Gasteiger partial charge < -0.3 is 10.2 Å². The van der Waals surface area contributed by atoms with Crippen molar-refractivity contribution in [3.63, 3.8) is 0 Å². The van der Waals surface area contributed by atoms with Crippen LogP contribution in [0.2, 0.25) is 10.0 Å². The lowest BCUT2D eigenvalue weighted by molar-refractivity contribution is 0.374. The Labute approximate surface area is 118 Å². The summed E-state index contributed by atoms with van der Waals surface area (Å²) in [4.78, 5) is 2.52. The number of benzene rings is 1. The van der Waals surface area contributed by atoms with E-state index in [2.05, 4.69) is 23.3 Å². The van der Waals surface area contributed by atoms with Crippen molar-refractivity contribution in [2.75, 3.05) is 11.9 Å². The molecule has 1 aromatic rings. The number of rotatable bonds is 2. The standard InChI is InChI=1S/C14H18Cl2N2/c1-17-10-7-11-3-4-12(8-10)18(11)14-5-2-9(15)6-13(14)16/h2,5-6,10-12,17H,3-4,7-8H2,1H3. The van der Waals surface area contributed by atoms with Crippen LogP contribution in [0.3, 0.4) is 0 Å². The Bertz CT molecular complexity index is 435. The van der Waals surface area contributed by atoms with E-state index in [1.165, 1.54) is 25.7 Å². The molecule has 2 nitrogen and oxygen atoms in total. The van der Waals surface area contributed by atoms with Gasteiger partial charge in [-0.3, -0.25) is 0 Å². The van der Waals surface area contributed by atoms with Crippen molar-refractivity contribution in [1.82, 2.24) is 5.32 Å². The molecule has 2 aliphatic heterocycles. The highest BCUT2D eigenvalue weighted by Gasteiger charge is 2.40. The number of piperidine rings is 1. The molecule has 2 unspecified atom stereocenters. The predicted octanol–water partition coefficient (Wildman–Crippen LogP) is 3.71. The second-order valence-corrected chi connectivity index (χ2v) is 6.19. The first kappa shape index (κ1) is 12.6. The summed E-state index contributed by atoms with van der Waals surface area (Å²) in [5, 5.41) is 4.91. The summed E-state index contributed by atoms with van der Waals surface area (Å²) >= 11 is 12.3. The van der Waals surface area contributed by atoms with Crippen LogP contribution < -0.4 is 10.2 Å². The van der Waals surface area contributed by atoms with Crippen LogP contribution in [0, 0.1) is 0 Å². The zero-order valence-corrected chi connectivity index (χ0v) is 12.0. The van der Waals surface area contributed by atoms with Crippen molar-refractivity contribution in [2.45, 2.75) is 43.8 Å². The summed E-state index contributed by atoms with van der Waals surface area (Å²) in [6.45, 7) is 0. The average molecular weight is 285 g/mol. The third-order valence-corrected chi connectivity index (χ3v) is 4.87. The maximum absolute atomic E-state index is 6.35. The van der Waals surface area contributed by atoms with Crippen LogP contribution in [0.25, 0.3) is 0 Å². The lowest BCUT2D eigenvalue weighted by Crippen LogP contribution is -2.48. The zero-order chi connectivity index (χ0) is 12.7. The highest BCUT2D eigenvalue weighted by atomic mass is 35.5. The van der Waals surface area contributed by atoms with E-state index in [4.69, 9.17) is 23.2 Å². The lowest BCUT2D eigenvalue weighted by Gasteiger charge is -2.41. The maximum Gasteiger partial charge on any atom is 0.0654 e. The number of nitrogens with zero attached hydrogens (tertiary/aromatic N) is 1. The molecule has 0 saturated carbocycles. The fourth-order valence-corrected chi connectivity index (χ4v) is 4.00. The van der Waals surface area contributed by atoms with Gasteiger partial charge >= 0.3 is 0 Å². The van der Waals surface area contributed by atoms with Gasteiger partial charge in [-0.25, -0.2) is 0 Å². The van der Waals surface area contributed by atoms with E-state index in [9.17, 15) is 0 Å². The molecule has 4 heteroatoms. The summed E-state index contributed by atoms with van der Waals surface area (Å²) in [5.41, 5.74) is 1.16. The highest BCUT2D eigenvalue weighted by molar-refractivity contribution is 6.36. The smallest absolute Gasteiger partial charge is 0.0654 e. The van der Waals surface area contributed by atoms with Gasteiger partial charge in [-0.15, -0.1) is 0 Å². The summed E-state index contributed by atoms with van der Waals surface area (Å²) in [7, 11) is 2.06. The summed E-state index contributed by atoms with van der Waals surface area (Å²) in [6.07, 6.45) is 4.99. The molecule has 3 rings (SSSR count). The Balaban J connectivity index is 1.89. The highest BCUT2D eigenvalue weighted by Crippen LogP contribution is 2.42. The molecule has 2 saturated heterocycles. The Morgan fingerprint density at radius 3 is 2.39 bits per heavy atom. The van der Waals surface area contributed by atoms with Crippen molar-refractivity contribution in [3.8, 4) is 0 Å². The van der Waals surface area contributed by atoms with E-state index < -0.39 is 0 Å². The van der Waals surface area contributed by atoms with Crippen LogP contribution in [0.4, 0.5) is 5.69 Å². The molecule has 0 aliphatic carbocycles. The fraction of sp³-hybridized carbons (Fsp3) is 0.571. The van der Waals surface area contributed by atoms with E-state index >= 15 is 0 Å². The topological polar surface area (TPSA) is 15.3 Å². The molecule has 1 aromatic carbocycles. The van der Waals surface area contributed by atoms with Crippen molar-refractivity contribution in [2.24, 2.45) is 0 Å². The molecule has 2 fully saturated rings. The lowest BCUT2D eigenvalue weighted by atomic mass is 9.97. The first-order valence-electron chi connectivity index (χ1n) is 6.59. The predicted molar refractivity (Wildman–Crippen MR) is 77.8 cm³/mol. The van der Waals surface area contributed by atoms with Gasteiger partial charge in [0.25, 0.3) is 0 Å². The molecule has 2 heterocycles. The van der Waals surface area contributed by atoms with Gasteiger partial charge in [-0.1, -0.05) is 23.2 Å². The third kappa shape index (κ3) is 2.11. The van der Waals surface area contributed by atoms with Crippen LogP contribution in [0.15, 0.2) is 18.2 Å². The van der Waals surface area contributed by atoms with Crippen molar-refractivity contribution >= 4 is 28.9 Å². The van der Waals surface area contributed by atoms with E-state index in [-0.39, 0.29) is 0 Å². The number of anilines is 1. The number of fused-ring (bicyclic) bond motifs is 2. The minimum Gasteiger partial charge on any atom is -0.364 e. The minimum absolute atomic E-state index is 0.625. The largest absolute Gasteiger partial charge is 0.364 e. The Kier molecular flexibility index (Phi) is 3.44. The zero-order valence-electron chi connectivity index (χ0n) is 10.5. The molecule has 2 aliphatic rings. The molecular weight excluding hydrogens is 267 g/mol. The molecule has 98 valence electrons. The molecule has 2 bridgehead atoms. The van der Waals surface area contributed by atoms with Crippen molar-refractivity contribution < 1.29 is 0 Å². The molecule has 2 atom stereocenters. The van der Waals surface area contributed by atoms with Crippen LogP contribution >= 0.6 is 23.2 Å². The van der Waals surface area contributed by atoms with Crippen LogP contribution in [-0.4, -0.2) is 25.2 Å². The van der Waals surface area contributed by atoms with Gasteiger partial charge in [0.1, 0.15) is 0 Å². The molecule has 0 radical (unpaired) electrons. The summed E-state index contributed by atoms with van der Waals surface area (Å²) < 4.78 is 0. The van der Waals surface area contributed by atoms with Gasteiger partial charge in [0, 0.05) is 23.1 Å². The number of nitrogens with one attached hydrogen (secondary N) is 1. The number of hydrogen-bond acceptors (Lipinski definition) is 2. The minimum atomic E-state index is 0.625. The van der Waals surface area contributed by atoms with Crippen molar-refractivity contribution in [1.29, 1.82) is 0 Å². The quantitative estimate of drug-likeness (QED) is 0.891. The van der Waals surface area contributed by atoms with E-state index in [1.807, 2.05) is 12.1 Å². The van der Waals surface area contributed by atoms with Crippen molar-refractivity contribution in [3.05, 3.63) is 28.2 Å². The summed E-state index contributed by atoms with van der Waals surface area (Å²) in [5.74, 6) is 0.